The van der Waals surface area contributed by atoms with Crippen molar-refractivity contribution in [2.24, 2.45) is 10.7 Å². The number of aliphatic imine (C=N–C) groups is 1. The van der Waals surface area contributed by atoms with Gasteiger partial charge in [0.25, 0.3) is 0 Å². The second kappa shape index (κ2) is 10.7. The Bertz CT molecular complexity index is 617. The molecule has 0 radical (unpaired) electrons. The molecule has 1 aromatic rings. The van der Waals surface area contributed by atoms with Gasteiger partial charge in [-0.3, -0.25) is 4.99 Å². The van der Waals surface area contributed by atoms with Gasteiger partial charge in [-0.05, 0) is 39.2 Å². The summed E-state index contributed by atoms with van der Waals surface area (Å²) in [7, 11) is 0. The molecule has 8 heteroatoms. The fourth-order valence-electron chi connectivity index (χ4n) is 2.13. The summed E-state index contributed by atoms with van der Waals surface area (Å²) in [4.78, 5) is 20.0. The summed E-state index contributed by atoms with van der Waals surface area (Å²) in [5.74, 6) is 1.02. The van der Waals surface area contributed by atoms with E-state index in [9.17, 15) is 4.79 Å². The van der Waals surface area contributed by atoms with Crippen LogP contribution in [0.5, 0.6) is 0 Å². The Kier molecular flexibility index (Phi) is 8.98. The van der Waals surface area contributed by atoms with Crippen LogP contribution in [-0.4, -0.2) is 41.1 Å². The number of carbonyl (C=O) groups is 1. The maximum absolute atomic E-state index is 11.5. The van der Waals surface area contributed by atoms with E-state index >= 15 is 0 Å². The summed E-state index contributed by atoms with van der Waals surface area (Å²) in [6, 6.07) is -0.349. The van der Waals surface area contributed by atoms with Crippen molar-refractivity contribution < 1.29 is 14.1 Å². The van der Waals surface area contributed by atoms with Gasteiger partial charge < -0.3 is 20.3 Å². The maximum Gasteiger partial charge on any atom is 0.407 e. The highest BCUT2D eigenvalue weighted by atomic mass is 16.6. The van der Waals surface area contributed by atoms with Gasteiger partial charge in [-0.25, -0.2) is 4.79 Å². The molecular formula is C18H31N5O3. The molecule has 1 amide bonds. The van der Waals surface area contributed by atoms with Crippen LogP contribution >= 0.6 is 0 Å². The molecule has 0 saturated carbocycles. The summed E-state index contributed by atoms with van der Waals surface area (Å²) in [6.45, 7) is 10.7. The molecule has 0 aliphatic carbocycles. The first-order valence-corrected chi connectivity index (χ1v) is 9.07. The Labute approximate surface area is 155 Å². The van der Waals surface area contributed by atoms with Crippen LogP contribution in [-0.2, 0) is 11.2 Å². The lowest BCUT2D eigenvalue weighted by molar-refractivity contribution is 0.0526. The Balaban J connectivity index is 0.00000163. The van der Waals surface area contributed by atoms with Gasteiger partial charge in [-0.1, -0.05) is 25.1 Å². The molecule has 1 aliphatic heterocycles. The van der Waals surface area contributed by atoms with Gasteiger partial charge in [0.15, 0.2) is 5.82 Å². The number of hydrogen-bond donors (Lipinski definition) is 2. The van der Waals surface area contributed by atoms with Gasteiger partial charge in [0.05, 0.1) is 12.6 Å². The van der Waals surface area contributed by atoms with Gasteiger partial charge in [-0.2, -0.15) is 4.98 Å². The third-order valence-corrected chi connectivity index (χ3v) is 3.24. The summed E-state index contributed by atoms with van der Waals surface area (Å²) in [5, 5.41) is 6.63. The molecule has 3 N–H and O–H groups in total. The predicted octanol–water partition coefficient (Wildman–Crippen LogP) is 2.95. The number of nitrogens with zero attached hydrogens (tertiary/aromatic N) is 3. The number of allylic oxidation sites excluding steroid dienone is 1. The van der Waals surface area contributed by atoms with Crippen LogP contribution in [0.15, 0.2) is 21.2 Å². The normalized spacial score (nSPS) is 14.3. The highest BCUT2D eigenvalue weighted by molar-refractivity contribution is 5.81. The number of carbonyl (C=O) groups excluding carboxylic acids is 1. The van der Waals surface area contributed by atoms with Crippen molar-refractivity contribution in [1.82, 2.24) is 15.5 Å². The number of amides is 1. The van der Waals surface area contributed by atoms with Crippen LogP contribution in [0, 0.1) is 0 Å². The lowest BCUT2D eigenvalue weighted by atomic mass is 10.1. The maximum atomic E-state index is 11.5. The number of rotatable bonds is 7. The molecule has 1 aliphatic rings. The van der Waals surface area contributed by atoms with E-state index in [1.807, 2.05) is 46.9 Å². The zero-order valence-corrected chi connectivity index (χ0v) is 16.4. The molecule has 1 aromatic heterocycles. The van der Waals surface area contributed by atoms with Crippen LogP contribution in [0.1, 0.15) is 65.2 Å². The molecule has 0 saturated heterocycles. The molecule has 146 valence electrons. The number of aromatic nitrogens is 2. The second-order valence-electron chi connectivity index (χ2n) is 6.68. The van der Waals surface area contributed by atoms with E-state index in [4.69, 9.17) is 15.0 Å². The van der Waals surface area contributed by atoms with Crippen LogP contribution in [0.3, 0.4) is 0 Å². The van der Waals surface area contributed by atoms with Gasteiger partial charge in [0, 0.05) is 19.2 Å². The summed E-state index contributed by atoms with van der Waals surface area (Å²) in [5.41, 5.74) is 6.64. The van der Waals surface area contributed by atoms with Crippen molar-refractivity contribution in [1.29, 1.82) is 0 Å². The van der Waals surface area contributed by atoms with E-state index in [2.05, 4.69) is 20.4 Å². The highest BCUT2D eigenvalue weighted by Gasteiger charge is 2.17. The highest BCUT2D eigenvalue weighted by Crippen LogP contribution is 2.15. The average Bonchev–Trinajstić information content (AvgIpc) is 3.24. The third kappa shape index (κ3) is 8.24. The molecule has 26 heavy (non-hydrogen) atoms. The van der Waals surface area contributed by atoms with Crippen LogP contribution in [0.4, 0.5) is 4.79 Å². The smallest absolute Gasteiger partial charge is 0.407 e. The molecule has 2 rings (SSSR count). The van der Waals surface area contributed by atoms with E-state index in [-0.39, 0.29) is 6.04 Å². The van der Waals surface area contributed by atoms with Gasteiger partial charge >= 0.3 is 6.09 Å². The summed E-state index contributed by atoms with van der Waals surface area (Å²) < 4.78 is 10.4. The Morgan fingerprint density at radius 1 is 1.42 bits per heavy atom. The molecule has 0 fully saturated rings. The van der Waals surface area contributed by atoms with Crippen molar-refractivity contribution in [3.05, 3.63) is 23.4 Å². The van der Waals surface area contributed by atoms with Gasteiger partial charge in [0.1, 0.15) is 5.60 Å². The Hall–Kier alpha value is -2.22. The third-order valence-electron chi connectivity index (χ3n) is 3.24. The number of alkyl carbamates (subject to hydrolysis) is 1. The van der Waals surface area contributed by atoms with Crippen molar-refractivity contribution in [3.8, 4) is 0 Å². The first kappa shape index (κ1) is 21.8. The van der Waals surface area contributed by atoms with E-state index in [0.717, 1.165) is 5.57 Å². The minimum absolute atomic E-state index is 0.349. The monoisotopic (exact) mass is 365 g/mol. The lowest BCUT2D eigenvalue weighted by Crippen LogP contribution is -2.33. The number of hydrogen-bond acceptors (Lipinski definition) is 7. The molecule has 0 bridgehead atoms. The van der Waals surface area contributed by atoms with Crippen LogP contribution in [0.25, 0.3) is 0 Å². The van der Waals surface area contributed by atoms with Crippen molar-refractivity contribution in [2.45, 2.75) is 65.5 Å². The molecule has 0 spiro atoms. The second-order valence-corrected chi connectivity index (χ2v) is 6.68. The zero-order chi connectivity index (χ0) is 19.6. The number of ether oxygens (including phenoxy) is 1. The number of nitrogens with one attached hydrogen (secondary N) is 1. The van der Waals surface area contributed by atoms with E-state index in [0.29, 0.717) is 44.1 Å². The summed E-state index contributed by atoms with van der Waals surface area (Å²) >= 11 is 0. The minimum Gasteiger partial charge on any atom is -0.444 e. The molecular weight excluding hydrogens is 334 g/mol. The zero-order valence-electron chi connectivity index (χ0n) is 16.4. The van der Waals surface area contributed by atoms with E-state index in [1.165, 1.54) is 0 Å². The fourth-order valence-corrected chi connectivity index (χ4v) is 2.13. The molecule has 0 aromatic carbocycles. The quantitative estimate of drug-likeness (QED) is 0.718. The van der Waals surface area contributed by atoms with E-state index < -0.39 is 11.7 Å². The van der Waals surface area contributed by atoms with Crippen molar-refractivity contribution in [3.63, 3.8) is 0 Å². The van der Waals surface area contributed by atoms with Crippen molar-refractivity contribution in [2.75, 3.05) is 13.1 Å². The first-order chi connectivity index (χ1) is 12.3. The lowest BCUT2D eigenvalue weighted by Gasteiger charge is -2.19. The fraction of sp³-hybridized carbons (Fsp3) is 0.667. The molecule has 1 unspecified atom stereocenters. The standard InChI is InChI=1S/C16H25N5O3.C2H6/c1-16(2,3)23-15(22)19-7-4-5-12(17)14-20-13(21-24-14)9-11-6-8-18-10-11;1-2/h6,10,12H,4-5,7-9,17H2,1-3H3,(H,19,22);1-2H3. The van der Waals surface area contributed by atoms with Crippen molar-refractivity contribution >= 4 is 12.3 Å². The first-order valence-electron chi connectivity index (χ1n) is 9.07. The molecule has 8 nitrogen and oxygen atoms in total. The molecule has 2 heterocycles. The number of nitrogens with two attached hydrogens (primary N) is 1. The molecule has 1 atom stereocenters. The van der Waals surface area contributed by atoms with Crippen LogP contribution < -0.4 is 11.1 Å². The van der Waals surface area contributed by atoms with Gasteiger partial charge in [-0.15, -0.1) is 0 Å². The average molecular weight is 365 g/mol. The topological polar surface area (TPSA) is 116 Å². The Morgan fingerprint density at radius 3 is 2.77 bits per heavy atom. The Morgan fingerprint density at radius 2 is 2.15 bits per heavy atom. The van der Waals surface area contributed by atoms with E-state index in [1.54, 1.807) is 0 Å². The largest absolute Gasteiger partial charge is 0.444 e. The van der Waals surface area contributed by atoms with Gasteiger partial charge in [0.2, 0.25) is 5.89 Å². The predicted molar refractivity (Wildman–Crippen MR) is 101 cm³/mol. The van der Waals surface area contributed by atoms with Crippen LogP contribution in [0.2, 0.25) is 0 Å². The summed E-state index contributed by atoms with van der Waals surface area (Å²) in [6.07, 6.45) is 5.33. The minimum atomic E-state index is -0.500. The SMILES string of the molecule is CC.CC(C)(C)OC(=O)NCCCC(N)c1nc(CC2=CCN=C2)no1.